The SMILES string of the molecule is CC(C)C(=O)C1CCc2ccccc21. The first-order valence-electron chi connectivity index (χ1n) is 5.31. The number of rotatable bonds is 2. The maximum absolute atomic E-state index is 11.9. The number of Topliss-reactive ketones (excluding diaryl/α,β-unsaturated/α-hetero) is 1. The second-order valence-corrected chi connectivity index (χ2v) is 4.35. The highest BCUT2D eigenvalue weighted by atomic mass is 16.1. The van der Waals surface area contributed by atoms with E-state index in [2.05, 4.69) is 18.2 Å². The molecule has 0 fully saturated rings. The van der Waals surface area contributed by atoms with Crippen LogP contribution in [0.3, 0.4) is 0 Å². The van der Waals surface area contributed by atoms with Gasteiger partial charge in [0.2, 0.25) is 0 Å². The summed E-state index contributed by atoms with van der Waals surface area (Å²) in [7, 11) is 0. The number of hydrogen-bond acceptors (Lipinski definition) is 1. The molecule has 0 spiro atoms. The summed E-state index contributed by atoms with van der Waals surface area (Å²) in [5, 5.41) is 0. The van der Waals surface area contributed by atoms with E-state index in [0.29, 0.717) is 5.78 Å². The van der Waals surface area contributed by atoms with Crippen molar-refractivity contribution in [2.45, 2.75) is 32.6 Å². The number of carbonyl (C=O) groups is 1. The van der Waals surface area contributed by atoms with Gasteiger partial charge in [-0.05, 0) is 24.0 Å². The van der Waals surface area contributed by atoms with E-state index in [9.17, 15) is 4.79 Å². The molecule has 1 atom stereocenters. The Labute approximate surface area is 85.1 Å². The van der Waals surface area contributed by atoms with Crippen molar-refractivity contribution in [3.05, 3.63) is 35.4 Å². The molecule has 0 saturated carbocycles. The summed E-state index contributed by atoms with van der Waals surface area (Å²) in [5.74, 6) is 0.729. The van der Waals surface area contributed by atoms with Gasteiger partial charge in [-0.25, -0.2) is 0 Å². The van der Waals surface area contributed by atoms with Gasteiger partial charge in [0.1, 0.15) is 5.78 Å². The lowest BCUT2D eigenvalue weighted by atomic mass is 9.90. The quantitative estimate of drug-likeness (QED) is 0.697. The van der Waals surface area contributed by atoms with Crippen molar-refractivity contribution in [2.24, 2.45) is 5.92 Å². The molecule has 1 aliphatic rings. The average molecular weight is 188 g/mol. The fourth-order valence-corrected chi connectivity index (χ4v) is 2.26. The molecule has 1 aliphatic carbocycles. The fourth-order valence-electron chi connectivity index (χ4n) is 2.26. The molecule has 2 rings (SSSR count). The molecule has 1 aromatic rings. The number of carbonyl (C=O) groups excluding carboxylic acids is 1. The van der Waals surface area contributed by atoms with Crippen LogP contribution in [0.4, 0.5) is 0 Å². The highest BCUT2D eigenvalue weighted by molar-refractivity contribution is 5.88. The lowest BCUT2D eigenvalue weighted by Gasteiger charge is -2.12. The van der Waals surface area contributed by atoms with Gasteiger partial charge in [-0.15, -0.1) is 0 Å². The van der Waals surface area contributed by atoms with Crippen LogP contribution >= 0.6 is 0 Å². The van der Waals surface area contributed by atoms with Crippen molar-refractivity contribution in [1.82, 2.24) is 0 Å². The van der Waals surface area contributed by atoms with Gasteiger partial charge >= 0.3 is 0 Å². The molecule has 0 N–H and O–H groups in total. The van der Waals surface area contributed by atoms with Crippen molar-refractivity contribution in [1.29, 1.82) is 0 Å². The summed E-state index contributed by atoms with van der Waals surface area (Å²) in [5.41, 5.74) is 2.64. The number of benzene rings is 1. The first-order valence-corrected chi connectivity index (χ1v) is 5.31. The van der Waals surface area contributed by atoms with Gasteiger partial charge in [-0.3, -0.25) is 4.79 Å². The van der Waals surface area contributed by atoms with Crippen LogP contribution in [0.15, 0.2) is 24.3 Å². The molecule has 0 bridgehead atoms. The summed E-state index contributed by atoms with van der Waals surface area (Å²) < 4.78 is 0. The van der Waals surface area contributed by atoms with E-state index in [0.717, 1.165) is 12.8 Å². The smallest absolute Gasteiger partial charge is 0.142 e. The maximum Gasteiger partial charge on any atom is 0.142 e. The average Bonchev–Trinajstić information content (AvgIpc) is 2.60. The van der Waals surface area contributed by atoms with Crippen molar-refractivity contribution in [3.8, 4) is 0 Å². The van der Waals surface area contributed by atoms with Crippen LogP contribution in [-0.4, -0.2) is 5.78 Å². The molecule has 1 nitrogen and oxygen atoms in total. The third kappa shape index (κ3) is 1.47. The molecule has 0 aliphatic heterocycles. The fraction of sp³-hybridized carbons (Fsp3) is 0.462. The summed E-state index contributed by atoms with van der Waals surface area (Å²) >= 11 is 0. The van der Waals surface area contributed by atoms with Crippen LogP contribution in [0.5, 0.6) is 0 Å². The zero-order chi connectivity index (χ0) is 10.1. The number of fused-ring (bicyclic) bond motifs is 1. The second-order valence-electron chi connectivity index (χ2n) is 4.35. The monoisotopic (exact) mass is 188 g/mol. The Morgan fingerprint density at radius 3 is 2.79 bits per heavy atom. The minimum Gasteiger partial charge on any atom is -0.299 e. The summed E-state index contributed by atoms with van der Waals surface area (Å²) in [4.78, 5) is 11.9. The van der Waals surface area contributed by atoms with E-state index in [1.807, 2.05) is 19.9 Å². The number of aryl methyl sites for hydroxylation is 1. The molecular formula is C13H16O. The maximum atomic E-state index is 11.9. The van der Waals surface area contributed by atoms with Crippen LogP contribution in [0.25, 0.3) is 0 Å². The first-order chi connectivity index (χ1) is 6.70. The van der Waals surface area contributed by atoms with Crippen molar-refractivity contribution in [3.63, 3.8) is 0 Å². The summed E-state index contributed by atoms with van der Waals surface area (Å²) in [6.45, 7) is 3.98. The summed E-state index contributed by atoms with van der Waals surface area (Å²) in [6, 6.07) is 8.34. The topological polar surface area (TPSA) is 17.1 Å². The van der Waals surface area contributed by atoms with Crippen LogP contribution in [0.2, 0.25) is 0 Å². The van der Waals surface area contributed by atoms with E-state index in [4.69, 9.17) is 0 Å². The first kappa shape index (κ1) is 9.45. The Morgan fingerprint density at radius 2 is 2.07 bits per heavy atom. The van der Waals surface area contributed by atoms with Gasteiger partial charge in [-0.1, -0.05) is 38.1 Å². The molecule has 0 amide bonds. The Hall–Kier alpha value is -1.11. The molecular weight excluding hydrogens is 172 g/mol. The number of ketones is 1. The largest absolute Gasteiger partial charge is 0.299 e. The Morgan fingerprint density at radius 1 is 1.36 bits per heavy atom. The highest BCUT2D eigenvalue weighted by Crippen LogP contribution is 2.34. The van der Waals surface area contributed by atoms with Gasteiger partial charge in [0.25, 0.3) is 0 Å². The Bertz CT molecular complexity index is 352. The van der Waals surface area contributed by atoms with Gasteiger partial charge in [0, 0.05) is 11.8 Å². The molecule has 0 radical (unpaired) electrons. The minimum atomic E-state index is 0.158. The van der Waals surface area contributed by atoms with Crippen LogP contribution in [0.1, 0.15) is 37.3 Å². The van der Waals surface area contributed by atoms with E-state index >= 15 is 0 Å². The van der Waals surface area contributed by atoms with Crippen LogP contribution in [0, 0.1) is 5.92 Å². The van der Waals surface area contributed by atoms with E-state index in [1.165, 1.54) is 11.1 Å². The zero-order valence-corrected chi connectivity index (χ0v) is 8.79. The third-order valence-corrected chi connectivity index (χ3v) is 3.05. The molecule has 74 valence electrons. The van der Waals surface area contributed by atoms with E-state index in [1.54, 1.807) is 0 Å². The molecule has 1 aromatic carbocycles. The predicted octanol–water partition coefficient (Wildman–Crippen LogP) is 2.94. The van der Waals surface area contributed by atoms with Crippen molar-refractivity contribution in [2.75, 3.05) is 0 Å². The molecule has 1 heteroatoms. The lowest BCUT2D eigenvalue weighted by Crippen LogP contribution is -2.15. The Balaban J connectivity index is 2.30. The molecule has 0 aromatic heterocycles. The van der Waals surface area contributed by atoms with Gasteiger partial charge in [0.15, 0.2) is 0 Å². The van der Waals surface area contributed by atoms with Crippen molar-refractivity contribution >= 4 is 5.78 Å². The van der Waals surface area contributed by atoms with Gasteiger partial charge in [-0.2, -0.15) is 0 Å². The lowest BCUT2D eigenvalue weighted by molar-refractivity contribution is -0.123. The molecule has 14 heavy (non-hydrogen) atoms. The number of hydrogen-bond donors (Lipinski definition) is 0. The molecule has 0 heterocycles. The molecule has 0 saturated heterocycles. The van der Waals surface area contributed by atoms with Crippen molar-refractivity contribution < 1.29 is 4.79 Å². The van der Waals surface area contributed by atoms with Gasteiger partial charge < -0.3 is 0 Å². The normalized spacial score (nSPS) is 19.8. The minimum absolute atomic E-state index is 0.158. The van der Waals surface area contributed by atoms with Crippen LogP contribution < -0.4 is 0 Å². The standard InChI is InChI=1S/C13H16O/c1-9(2)13(14)12-8-7-10-5-3-4-6-11(10)12/h3-6,9,12H,7-8H2,1-2H3. The second kappa shape index (κ2) is 3.56. The van der Waals surface area contributed by atoms with E-state index < -0.39 is 0 Å². The van der Waals surface area contributed by atoms with Gasteiger partial charge in [0.05, 0.1) is 0 Å². The zero-order valence-electron chi connectivity index (χ0n) is 8.79. The predicted molar refractivity (Wildman–Crippen MR) is 57.3 cm³/mol. The third-order valence-electron chi connectivity index (χ3n) is 3.05. The summed E-state index contributed by atoms with van der Waals surface area (Å²) in [6.07, 6.45) is 2.08. The highest BCUT2D eigenvalue weighted by Gasteiger charge is 2.29. The van der Waals surface area contributed by atoms with Crippen LogP contribution in [-0.2, 0) is 11.2 Å². The Kier molecular flexibility index (Phi) is 2.40. The van der Waals surface area contributed by atoms with E-state index in [-0.39, 0.29) is 11.8 Å². The molecule has 1 unspecified atom stereocenters.